The number of likely N-dealkylation sites (tertiary alicyclic amines) is 1. The number of nitrogens with zero attached hydrogens (tertiary/aromatic N) is 1. The number of hydrogen-bond acceptors (Lipinski definition) is 3. The highest BCUT2D eigenvalue weighted by molar-refractivity contribution is 6.31. The van der Waals surface area contributed by atoms with Gasteiger partial charge in [0.1, 0.15) is 17.3 Å². The molecule has 1 unspecified atom stereocenters. The molecule has 2 aliphatic heterocycles. The molecule has 9 heteroatoms. The smallest absolute Gasteiger partial charge is 0.327 e. The van der Waals surface area contributed by atoms with Crippen LogP contribution in [0.1, 0.15) is 51.2 Å². The number of amides is 2. The van der Waals surface area contributed by atoms with Gasteiger partial charge in [0.05, 0.1) is 11.1 Å². The quantitative estimate of drug-likeness (QED) is 0.596. The molecule has 2 heterocycles. The molecule has 4 rings (SSSR count). The number of benzene rings is 2. The molecule has 2 aliphatic rings. The number of carbonyl (C=O) groups is 3. The monoisotopic (exact) mass is 506 g/mol. The van der Waals surface area contributed by atoms with E-state index in [0.29, 0.717) is 22.7 Å². The van der Waals surface area contributed by atoms with Gasteiger partial charge in [-0.05, 0) is 41.2 Å². The van der Waals surface area contributed by atoms with Crippen molar-refractivity contribution in [2.75, 3.05) is 5.32 Å². The summed E-state index contributed by atoms with van der Waals surface area (Å²) < 4.78 is 15.5. The molecule has 180 valence electrons. The molecule has 1 saturated heterocycles. The van der Waals surface area contributed by atoms with E-state index in [2.05, 4.69) is 5.32 Å². The van der Waals surface area contributed by atoms with Gasteiger partial charge in [-0.2, -0.15) is 0 Å². The van der Waals surface area contributed by atoms with Gasteiger partial charge in [-0.15, -0.1) is 0 Å². The van der Waals surface area contributed by atoms with Gasteiger partial charge in [0.15, 0.2) is 0 Å². The van der Waals surface area contributed by atoms with Gasteiger partial charge in [0.2, 0.25) is 11.8 Å². The number of anilines is 1. The summed E-state index contributed by atoms with van der Waals surface area (Å²) in [6.45, 7) is 7.10. The van der Waals surface area contributed by atoms with Gasteiger partial charge in [-0.25, -0.2) is 9.18 Å². The maximum absolute atomic E-state index is 15.5. The normalized spacial score (nSPS) is 26.0. The zero-order chi connectivity index (χ0) is 25.2. The number of nitrogens with one attached hydrogen (secondary N) is 1. The van der Waals surface area contributed by atoms with E-state index in [4.69, 9.17) is 23.2 Å². The van der Waals surface area contributed by atoms with Crippen molar-refractivity contribution in [3.05, 3.63) is 63.4 Å². The standard InChI is InChI=1S/C25H25Cl2FN2O4/c1-12(31)30-18(11-24(2,3)4)25(15-9-8-13(26)10-17(15)29-23(25)34)19(21(30)22(32)33)14-6-5-7-16(27)20(14)28/h5-10,18-19,21H,11H2,1-4H3,(H,29,34)(H,32,33)/t18-,19-,21+,25?/m0/s1. The lowest BCUT2D eigenvalue weighted by molar-refractivity contribution is -0.149. The van der Waals surface area contributed by atoms with E-state index >= 15 is 4.39 Å². The minimum absolute atomic E-state index is 0.0273. The number of rotatable bonds is 3. The van der Waals surface area contributed by atoms with Crippen LogP contribution < -0.4 is 5.32 Å². The van der Waals surface area contributed by atoms with E-state index in [1.807, 2.05) is 20.8 Å². The Bertz CT molecular complexity index is 1210. The summed E-state index contributed by atoms with van der Waals surface area (Å²) in [6, 6.07) is 6.78. The summed E-state index contributed by atoms with van der Waals surface area (Å²) >= 11 is 12.3. The highest BCUT2D eigenvalue weighted by atomic mass is 35.5. The maximum atomic E-state index is 15.5. The van der Waals surface area contributed by atoms with Crippen LogP contribution in [0.2, 0.25) is 10.0 Å². The van der Waals surface area contributed by atoms with E-state index in [1.165, 1.54) is 30.0 Å². The number of carbonyl (C=O) groups excluding carboxylic acids is 2. The second-order valence-corrected chi connectivity index (χ2v) is 11.0. The molecule has 2 aromatic rings. The molecule has 4 atom stereocenters. The first-order valence-corrected chi connectivity index (χ1v) is 11.6. The molecule has 2 N–H and O–H groups in total. The molecule has 6 nitrogen and oxygen atoms in total. The number of carboxylic acids is 1. The molecular weight excluding hydrogens is 482 g/mol. The first kappa shape index (κ1) is 24.5. The SMILES string of the molecule is CC(=O)N1[C@@H](CC(C)(C)C)C2(C(=O)Nc3cc(Cl)ccc32)[C@@H](c2cccc(Cl)c2F)[C@@H]1C(=O)O. The van der Waals surface area contributed by atoms with Crippen molar-refractivity contribution < 1.29 is 23.9 Å². The lowest BCUT2D eigenvalue weighted by Crippen LogP contribution is -2.52. The fourth-order valence-electron chi connectivity index (χ4n) is 5.69. The lowest BCUT2D eigenvalue weighted by Gasteiger charge is -2.39. The Labute approximate surface area is 207 Å². The van der Waals surface area contributed by atoms with Crippen LogP contribution >= 0.6 is 23.2 Å². The van der Waals surface area contributed by atoms with Crippen LogP contribution in [0.25, 0.3) is 0 Å². The number of carboxylic acid groups (broad SMARTS) is 1. The molecule has 0 saturated carbocycles. The van der Waals surface area contributed by atoms with Gasteiger partial charge >= 0.3 is 5.97 Å². The molecule has 0 aromatic heterocycles. The van der Waals surface area contributed by atoms with Gasteiger partial charge in [-0.1, -0.05) is 62.2 Å². The van der Waals surface area contributed by atoms with Crippen LogP contribution in [0.3, 0.4) is 0 Å². The van der Waals surface area contributed by atoms with Gasteiger partial charge in [-0.3, -0.25) is 9.59 Å². The molecule has 0 radical (unpaired) electrons. The third-order valence-corrected chi connectivity index (χ3v) is 7.28. The molecular formula is C25H25Cl2FN2O4. The van der Waals surface area contributed by atoms with Crippen LogP contribution in [-0.4, -0.2) is 39.9 Å². The van der Waals surface area contributed by atoms with E-state index in [9.17, 15) is 19.5 Å². The lowest BCUT2D eigenvalue weighted by atomic mass is 9.62. The second kappa shape index (κ2) is 8.24. The summed E-state index contributed by atoms with van der Waals surface area (Å²) in [5.41, 5.74) is -1.10. The molecule has 1 fully saturated rings. The van der Waals surface area contributed by atoms with Crippen molar-refractivity contribution in [1.82, 2.24) is 4.90 Å². The minimum Gasteiger partial charge on any atom is -0.480 e. The van der Waals surface area contributed by atoms with E-state index in [-0.39, 0.29) is 10.6 Å². The number of fused-ring (bicyclic) bond motifs is 2. The Morgan fingerprint density at radius 1 is 1.21 bits per heavy atom. The van der Waals surface area contributed by atoms with Crippen LogP contribution in [0, 0.1) is 11.2 Å². The summed E-state index contributed by atoms with van der Waals surface area (Å²) in [5.74, 6) is -4.39. The first-order chi connectivity index (χ1) is 15.8. The van der Waals surface area contributed by atoms with Gasteiger partial charge in [0.25, 0.3) is 0 Å². The largest absolute Gasteiger partial charge is 0.480 e. The predicted octanol–water partition coefficient (Wildman–Crippen LogP) is 5.23. The Morgan fingerprint density at radius 2 is 1.88 bits per heavy atom. The van der Waals surface area contributed by atoms with E-state index in [1.54, 1.807) is 18.2 Å². The van der Waals surface area contributed by atoms with Crippen molar-refractivity contribution in [3.8, 4) is 0 Å². The average molecular weight is 507 g/mol. The number of hydrogen-bond donors (Lipinski definition) is 2. The van der Waals surface area contributed by atoms with Crippen LogP contribution in [0.15, 0.2) is 36.4 Å². The van der Waals surface area contributed by atoms with Crippen LogP contribution in [0.4, 0.5) is 10.1 Å². The Balaban J connectivity index is 2.14. The molecule has 2 amide bonds. The van der Waals surface area contributed by atoms with Crippen LogP contribution in [0.5, 0.6) is 0 Å². The topological polar surface area (TPSA) is 86.7 Å². The predicted molar refractivity (Wildman–Crippen MR) is 128 cm³/mol. The van der Waals surface area contributed by atoms with Crippen molar-refractivity contribution >= 4 is 46.7 Å². The Hall–Kier alpha value is -2.64. The summed E-state index contributed by atoms with van der Waals surface area (Å²) in [4.78, 5) is 40.9. The average Bonchev–Trinajstić information content (AvgIpc) is 3.16. The summed E-state index contributed by atoms with van der Waals surface area (Å²) in [6.07, 6.45) is 0.296. The van der Waals surface area contributed by atoms with Crippen molar-refractivity contribution in [3.63, 3.8) is 0 Å². The van der Waals surface area contributed by atoms with Crippen molar-refractivity contribution in [2.45, 2.75) is 57.5 Å². The second-order valence-electron chi connectivity index (χ2n) is 10.1. The Morgan fingerprint density at radius 3 is 2.47 bits per heavy atom. The van der Waals surface area contributed by atoms with E-state index in [0.717, 1.165) is 0 Å². The summed E-state index contributed by atoms with van der Waals surface area (Å²) in [7, 11) is 0. The van der Waals surface area contributed by atoms with Gasteiger partial charge in [0, 0.05) is 23.6 Å². The van der Waals surface area contributed by atoms with Gasteiger partial charge < -0.3 is 15.3 Å². The molecule has 0 aliphatic carbocycles. The number of aliphatic carboxylic acids is 1. The number of halogens is 3. The third kappa shape index (κ3) is 3.57. The van der Waals surface area contributed by atoms with Crippen molar-refractivity contribution in [2.24, 2.45) is 5.41 Å². The molecule has 0 bridgehead atoms. The molecule has 1 spiro atoms. The minimum atomic E-state index is -1.58. The van der Waals surface area contributed by atoms with E-state index < -0.39 is 52.4 Å². The zero-order valence-electron chi connectivity index (χ0n) is 19.2. The van der Waals surface area contributed by atoms with Crippen molar-refractivity contribution in [1.29, 1.82) is 0 Å². The highest BCUT2D eigenvalue weighted by Gasteiger charge is 2.70. The molecule has 2 aromatic carbocycles. The highest BCUT2D eigenvalue weighted by Crippen LogP contribution is 2.60. The summed E-state index contributed by atoms with van der Waals surface area (Å²) in [5, 5.41) is 13.4. The molecule has 34 heavy (non-hydrogen) atoms. The third-order valence-electron chi connectivity index (χ3n) is 6.76. The van der Waals surface area contributed by atoms with Crippen LogP contribution in [-0.2, 0) is 19.8 Å². The fraction of sp³-hybridized carbons (Fsp3) is 0.400. The first-order valence-electron chi connectivity index (χ1n) is 10.9. The fourth-order valence-corrected chi connectivity index (χ4v) is 6.04. The zero-order valence-corrected chi connectivity index (χ0v) is 20.7. The Kier molecular flexibility index (Phi) is 5.93. The maximum Gasteiger partial charge on any atom is 0.327 e.